The van der Waals surface area contributed by atoms with Crippen molar-refractivity contribution in [3.05, 3.63) is 64.2 Å². The molecule has 2 N–H and O–H groups in total. The van der Waals surface area contributed by atoms with Crippen molar-refractivity contribution in [1.29, 1.82) is 0 Å². The van der Waals surface area contributed by atoms with Gasteiger partial charge in [0.2, 0.25) is 0 Å². The van der Waals surface area contributed by atoms with Gasteiger partial charge in [0.25, 0.3) is 11.8 Å². The molecule has 0 fully saturated rings. The van der Waals surface area contributed by atoms with Crippen LogP contribution in [0.25, 0.3) is 0 Å². The van der Waals surface area contributed by atoms with Crippen LogP contribution < -0.4 is 15.6 Å². The van der Waals surface area contributed by atoms with Crippen molar-refractivity contribution in [2.45, 2.75) is 20.4 Å². The van der Waals surface area contributed by atoms with Gasteiger partial charge in [-0.15, -0.1) is 0 Å². The Bertz CT molecular complexity index is 790. The molecule has 0 unspecified atom stereocenters. The normalized spacial score (nSPS) is 10.6. The van der Waals surface area contributed by atoms with Gasteiger partial charge in [0, 0.05) is 17.1 Å². The minimum absolute atomic E-state index is 0.275. The summed E-state index contributed by atoms with van der Waals surface area (Å²) in [6.07, 6.45) is 0. The van der Waals surface area contributed by atoms with Gasteiger partial charge in [0.05, 0.1) is 12.7 Å². The fourth-order valence-corrected chi connectivity index (χ4v) is 2.73. The molecule has 0 bridgehead atoms. The number of hydrogen-bond donors (Lipinski definition) is 2. The van der Waals surface area contributed by atoms with Gasteiger partial charge < -0.3 is 4.74 Å². The average molecular weight is 390 g/mol. The highest BCUT2D eigenvalue weighted by Gasteiger charge is 2.14. The molecule has 0 heterocycles. The number of carbonyl (C=O) groups excluding carboxylic acids is 2. The fourth-order valence-electron chi connectivity index (χ4n) is 2.57. The first-order chi connectivity index (χ1) is 13.0. The van der Waals surface area contributed by atoms with E-state index >= 15 is 0 Å². The summed E-state index contributed by atoms with van der Waals surface area (Å²) in [5.74, 6) is -0.560. The number of hydrogen-bond acceptors (Lipinski definition) is 4. The van der Waals surface area contributed by atoms with Crippen molar-refractivity contribution in [1.82, 2.24) is 15.8 Å². The van der Waals surface area contributed by atoms with E-state index < -0.39 is 11.8 Å². The third-order valence-electron chi connectivity index (χ3n) is 4.21. The lowest BCUT2D eigenvalue weighted by molar-refractivity contribution is 0.0845. The van der Waals surface area contributed by atoms with Gasteiger partial charge in [-0.3, -0.25) is 25.3 Å². The Morgan fingerprint density at radius 2 is 1.63 bits per heavy atom. The number of benzene rings is 2. The molecule has 0 radical (unpaired) electrons. The van der Waals surface area contributed by atoms with Gasteiger partial charge >= 0.3 is 0 Å². The van der Waals surface area contributed by atoms with E-state index in [1.165, 1.54) is 19.2 Å². The number of rotatable bonds is 7. The molecular formula is C20H24ClN3O3. The number of nitrogens with one attached hydrogen (secondary N) is 2. The first kappa shape index (κ1) is 20.7. The average Bonchev–Trinajstić information content (AvgIpc) is 2.70. The van der Waals surface area contributed by atoms with Gasteiger partial charge in [-0.05, 0) is 49.0 Å². The number of carbonyl (C=O) groups is 2. The van der Waals surface area contributed by atoms with E-state index in [1.54, 1.807) is 18.2 Å². The highest BCUT2D eigenvalue weighted by atomic mass is 35.5. The quantitative estimate of drug-likeness (QED) is 0.713. The van der Waals surface area contributed by atoms with Crippen molar-refractivity contribution in [2.75, 3.05) is 20.2 Å². The third-order valence-corrected chi connectivity index (χ3v) is 4.45. The van der Waals surface area contributed by atoms with Crippen LogP contribution in [0.15, 0.2) is 42.5 Å². The number of hydrazine groups is 1. The molecule has 27 heavy (non-hydrogen) atoms. The van der Waals surface area contributed by atoms with Gasteiger partial charge in [0.15, 0.2) is 0 Å². The van der Waals surface area contributed by atoms with Crippen LogP contribution in [0.1, 0.15) is 40.1 Å². The standard InChI is InChI=1S/C20H24ClN3O3/c1-4-24(5-2)13-14-6-8-15(9-7-14)19(25)22-23-20(26)17-11-10-16(21)12-18(17)27-3/h6-12H,4-5,13H2,1-3H3,(H,22,25)(H,23,26). The van der Waals surface area contributed by atoms with Gasteiger partial charge in [0.1, 0.15) is 5.75 Å². The first-order valence-electron chi connectivity index (χ1n) is 8.74. The van der Waals surface area contributed by atoms with E-state index in [1.807, 2.05) is 12.1 Å². The van der Waals surface area contributed by atoms with Crippen molar-refractivity contribution < 1.29 is 14.3 Å². The molecule has 0 aliphatic rings. The highest BCUT2D eigenvalue weighted by molar-refractivity contribution is 6.30. The molecule has 0 saturated heterocycles. The zero-order chi connectivity index (χ0) is 19.8. The summed E-state index contributed by atoms with van der Waals surface area (Å²) in [5.41, 5.74) is 6.66. The molecule has 2 rings (SSSR count). The number of halogens is 1. The zero-order valence-electron chi connectivity index (χ0n) is 15.7. The van der Waals surface area contributed by atoms with Crippen LogP contribution in [0.5, 0.6) is 5.75 Å². The van der Waals surface area contributed by atoms with Crippen molar-refractivity contribution in [3.63, 3.8) is 0 Å². The number of ether oxygens (including phenoxy) is 1. The fraction of sp³-hybridized carbons (Fsp3) is 0.300. The Labute approximate surface area is 164 Å². The molecule has 144 valence electrons. The Hall–Kier alpha value is -2.57. The van der Waals surface area contributed by atoms with Crippen LogP contribution in [-0.4, -0.2) is 36.9 Å². The largest absolute Gasteiger partial charge is 0.496 e. The van der Waals surface area contributed by atoms with E-state index in [0.717, 1.165) is 25.2 Å². The molecule has 0 spiro atoms. The summed E-state index contributed by atoms with van der Waals surface area (Å²) in [6, 6.07) is 12.0. The molecule has 2 amide bonds. The van der Waals surface area contributed by atoms with Crippen molar-refractivity contribution in [2.24, 2.45) is 0 Å². The summed E-state index contributed by atoms with van der Waals surface area (Å²) in [6.45, 7) is 7.01. The molecular weight excluding hydrogens is 366 g/mol. The Kier molecular flexibility index (Phi) is 7.64. The predicted molar refractivity (Wildman–Crippen MR) is 106 cm³/mol. The van der Waals surface area contributed by atoms with Gasteiger partial charge in [-0.25, -0.2) is 0 Å². The number of methoxy groups -OCH3 is 1. The lowest BCUT2D eigenvalue weighted by Gasteiger charge is -2.18. The highest BCUT2D eigenvalue weighted by Crippen LogP contribution is 2.22. The van der Waals surface area contributed by atoms with E-state index in [2.05, 4.69) is 29.6 Å². The predicted octanol–water partition coefficient (Wildman–Crippen LogP) is 3.27. The maximum atomic E-state index is 12.3. The van der Waals surface area contributed by atoms with Crippen LogP contribution in [0.2, 0.25) is 5.02 Å². The first-order valence-corrected chi connectivity index (χ1v) is 9.11. The van der Waals surface area contributed by atoms with Gasteiger partial charge in [-0.1, -0.05) is 37.6 Å². The molecule has 2 aromatic rings. The minimum Gasteiger partial charge on any atom is -0.496 e. The lowest BCUT2D eigenvalue weighted by atomic mass is 10.1. The van der Waals surface area contributed by atoms with E-state index in [9.17, 15) is 9.59 Å². The molecule has 0 aromatic heterocycles. The second kappa shape index (κ2) is 9.94. The van der Waals surface area contributed by atoms with E-state index in [4.69, 9.17) is 16.3 Å². The van der Waals surface area contributed by atoms with Crippen molar-refractivity contribution in [3.8, 4) is 5.75 Å². The maximum absolute atomic E-state index is 12.3. The second-order valence-corrected chi connectivity index (χ2v) is 6.35. The van der Waals surface area contributed by atoms with E-state index in [-0.39, 0.29) is 5.56 Å². The SMILES string of the molecule is CCN(CC)Cc1ccc(C(=O)NNC(=O)c2ccc(Cl)cc2OC)cc1. The van der Waals surface area contributed by atoms with Gasteiger partial charge in [-0.2, -0.15) is 0 Å². The summed E-state index contributed by atoms with van der Waals surface area (Å²) in [5, 5.41) is 0.456. The van der Waals surface area contributed by atoms with Crippen LogP contribution in [0.3, 0.4) is 0 Å². The van der Waals surface area contributed by atoms with Crippen LogP contribution in [-0.2, 0) is 6.54 Å². The zero-order valence-corrected chi connectivity index (χ0v) is 16.5. The topological polar surface area (TPSA) is 70.7 Å². The Balaban J connectivity index is 1.96. The molecule has 7 heteroatoms. The monoisotopic (exact) mass is 389 g/mol. The number of nitrogens with zero attached hydrogens (tertiary/aromatic N) is 1. The van der Waals surface area contributed by atoms with Crippen LogP contribution in [0, 0.1) is 0 Å². The summed E-state index contributed by atoms with van der Waals surface area (Å²) in [4.78, 5) is 26.8. The summed E-state index contributed by atoms with van der Waals surface area (Å²) < 4.78 is 5.14. The van der Waals surface area contributed by atoms with Crippen LogP contribution >= 0.6 is 11.6 Å². The molecule has 0 atom stereocenters. The molecule has 0 aliphatic heterocycles. The smallest absolute Gasteiger partial charge is 0.273 e. The van der Waals surface area contributed by atoms with Crippen LogP contribution in [0.4, 0.5) is 0 Å². The van der Waals surface area contributed by atoms with E-state index in [0.29, 0.717) is 16.3 Å². The molecule has 2 aromatic carbocycles. The molecule has 0 aliphatic carbocycles. The maximum Gasteiger partial charge on any atom is 0.273 e. The second-order valence-electron chi connectivity index (χ2n) is 5.91. The molecule has 6 nitrogen and oxygen atoms in total. The number of amides is 2. The van der Waals surface area contributed by atoms with Crippen molar-refractivity contribution >= 4 is 23.4 Å². The summed E-state index contributed by atoms with van der Waals surface area (Å²) >= 11 is 5.89. The molecule has 0 saturated carbocycles. The Morgan fingerprint density at radius 1 is 1.00 bits per heavy atom. The minimum atomic E-state index is -0.491. The third kappa shape index (κ3) is 5.70. The lowest BCUT2D eigenvalue weighted by Crippen LogP contribution is -2.41. The Morgan fingerprint density at radius 3 is 2.22 bits per heavy atom. The summed E-state index contributed by atoms with van der Waals surface area (Å²) in [7, 11) is 1.45.